The van der Waals surface area contributed by atoms with Crippen molar-refractivity contribution >= 4 is 11.9 Å². The first kappa shape index (κ1) is 12.1. The van der Waals surface area contributed by atoms with E-state index in [0.717, 1.165) is 39.3 Å². The zero-order valence-electron chi connectivity index (χ0n) is 9.96. The van der Waals surface area contributed by atoms with Crippen LogP contribution in [-0.4, -0.2) is 74.2 Å². The van der Waals surface area contributed by atoms with Gasteiger partial charge in [-0.3, -0.25) is 16.1 Å². The summed E-state index contributed by atoms with van der Waals surface area (Å²) >= 11 is 0. The Labute approximate surface area is 101 Å². The molecule has 4 N–H and O–H groups in total. The maximum Gasteiger partial charge on any atom is 0.198 e. The first-order valence-electron chi connectivity index (χ1n) is 6.00. The minimum Gasteiger partial charge on any atom is -0.378 e. The van der Waals surface area contributed by atoms with E-state index in [-0.39, 0.29) is 0 Å². The monoisotopic (exact) mass is 240 g/mol. The van der Waals surface area contributed by atoms with E-state index < -0.39 is 0 Å². The highest BCUT2D eigenvalue weighted by molar-refractivity contribution is 5.95. The standard InChI is InChI=1S/C10H20N6O/c11-9(15-3-1-13-2-4-15)14-10(12)16-5-7-17-8-6-16/h13H,1-8H2,(H3,11,12,14). The largest absolute Gasteiger partial charge is 0.378 e. The van der Waals surface area contributed by atoms with Crippen LogP contribution >= 0.6 is 0 Å². The normalized spacial score (nSPS) is 21.2. The van der Waals surface area contributed by atoms with E-state index in [1.807, 2.05) is 9.80 Å². The van der Waals surface area contributed by atoms with Crippen molar-refractivity contribution in [1.82, 2.24) is 20.4 Å². The summed E-state index contributed by atoms with van der Waals surface area (Å²) in [6, 6.07) is 0. The number of piperazine rings is 1. The van der Waals surface area contributed by atoms with Crippen molar-refractivity contribution in [3.8, 4) is 0 Å². The van der Waals surface area contributed by atoms with E-state index in [0.29, 0.717) is 25.1 Å². The molecule has 0 aromatic rings. The first-order valence-corrected chi connectivity index (χ1v) is 6.00. The lowest BCUT2D eigenvalue weighted by Gasteiger charge is -2.33. The number of guanidine groups is 2. The second kappa shape index (κ2) is 5.83. The van der Waals surface area contributed by atoms with Crippen LogP contribution in [0.2, 0.25) is 0 Å². The summed E-state index contributed by atoms with van der Waals surface area (Å²) in [7, 11) is 0. The Balaban J connectivity index is 1.78. The Kier molecular flexibility index (Phi) is 4.16. The number of hydrogen-bond donors (Lipinski definition) is 4. The van der Waals surface area contributed by atoms with Gasteiger partial charge in [0.05, 0.1) is 13.2 Å². The summed E-state index contributed by atoms with van der Waals surface area (Å²) in [5, 5.41) is 21.9. The van der Waals surface area contributed by atoms with Gasteiger partial charge in [-0.2, -0.15) is 0 Å². The van der Waals surface area contributed by atoms with Gasteiger partial charge >= 0.3 is 0 Å². The molecule has 96 valence electrons. The van der Waals surface area contributed by atoms with Crippen LogP contribution in [0, 0.1) is 10.8 Å². The second-order valence-electron chi connectivity index (χ2n) is 4.16. The summed E-state index contributed by atoms with van der Waals surface area (Å²) in [6.45, 7) is 6.20. The van der Waals surface area contributed by atoms with Crippen LogP contribution in [0.1, 0.15) is 0 Å². The van der Waals surface area contributed by atoms with Crippen LogP contribution in [0.4, 0.5) is 0 Å². The van der Waals surface area contributed by atoms with Crippen LogP contribution in [0.15, 0.2) is 0 Å². The van der Waals surface area contributed by atoms with Crippen molar-refractivity contribution in [3.63, 3.8) is 0 Å². The molecule has 2 aliphatic rings. The van der Waals surface area contributed by atoms with Crippen LogP contribution in [0.5, 0.6) is 0 Å². The molecule has 2 fully saturated rings. The van der Waals surface area contributed by atoms with Crippen molar-refractivity contribution in [2.45, 2.75) is 0 Å². The quantitative estimate of drug-likeness (QED) is 0.312. The Bertz CT molecular complexity index is 255. The van der Waals surface area contributed by atoms with Gasteiger partial charge in [0.2, 0.25) is 0 Å². The highest BCUT2D eigenvalue weighted by atomic mass is 16.5. The molecule has 0 amide bonds. The van der Waals surface area contributed by atoms with E-state index in [9.17, 15) is 0 Å². The van der Waals surface area contributed by atoms with Gasteiger partial charge in [-0.15, -0.1) is 0 Å². The number of morpholine rings is 1. The second-order valence-corrected chi connectivity index (χ2v) is 4.16. The lowest BCUT2D eigenvalue weighted by atomic mass is 10.4. The van der Waals surface area contributed by atoms with Crippen molar-refractivity contribution in [1.29, 1.82) is 10.8 Å². The molecular weight excluding hydrogens is 220 g/mol. The molecular formula is C10H20N6O. The Morgan fingerprint density at radius 1 is 0.941 bits per heavy atom. The van der Waals surface area contributed by atoms with Gasteiger partial charge in [-0.1, -0.05) is 0 Å². The summed E-state index contributed by atoms with van der Waals surface area (Å²) < 4.78 is 5.23. The van der Waals surface area contributed by atoms with Crippen LogP contribution < -0.4 is 10.6 Å². The maximum absolute atomic E-state index is 7.92. The fraction of sp³-hybridized carbons (Fsp3) is 0.800. The van der Waals surface area contributed by atoms with Crippen molar-refractivity contribution in [2.75, 3.05) is 52.5 Å². The molecule has 2 heterocycles. The topological polar surface area (TPSA) is 87.5 Å². The van der Waals surface area contributed by atoms with Crippen molar-refractivity contribution < 1.29 is 4.74 Å². The van der Waals surface area contributed by atoms with Gasteiger partial charge in [-0.05, 0) is 0 Å². The van der Waals surface area contributed by atoms with E-state index in [1.54, 1.807) is 0 Å². The molecule has 0 spiro atoms. The zero-order chi connectivity index (χ0) is 12.1. The van der Waals surface area contributed by atoms with E-state index in [2.05, 4.69) is 10.6 Å². The third-order valence-electron chi connectivity index (χ3n) is 3.00. The van der Waals surface area contributed by atoms with Gasteiger partial charge in [-0.25, -0.2) is 0 Å². The number of nitrogens with one attached hydrogen (secondary N) is 4. The summed E-state index contributed by atoms with van der Waals surface area (Å²) in [6.07, 6.45) is 0. The fourth-order valence-electron chi connectivity index (χ4n) is 1.95. The molecule has 0 unspecified atom stereocenters. The highest BCUT2D eigenvalue weighted by Crippen LogP contribution is 1.97. The van der Waals surface area contributed by atoms with Crippen LogP contribution in [-0.2, 0) is 4.74 Å². The van der Waals surface area contributed by atoms with Crippen LogP contribution in [0.25, 0.3) is 0 Å². The average Bonchev–Trinajstić information content (AvgIpc) is 2.40. The minimum absolute atomic E-state index is 0.303. The molecule has 0 aliphatic carbocycles. The fourth-order valence-corrected chi connectivity index (χ4v) is 1.95. The summed E-state index contributed by atoms with van der Waals surface area (Å²) in [5.41, 5.74) is 0. The Morgan fingerprint density at radius 3 is 2.06 bits per heavy atom. The third-order valence-corrected chi connectivity index (χ3v) is 3.00. The Morgan fingerprint density at radius 2 is 1.47 bits per heavy atom. The predicted molar refractivity (Wildman–Crippen MR) is 65.4 cm³/mol. The molecule has 0 aromatic carbocycles. The van der Waals surface area contributed by atoms with Gasteiger partial charge in [0.25, 0.3) is 0 Å². The summed E-state index contributed by atoms with van der Waals surface area (Å²) in [5.74, 6) is 0.625. The molecule has 0 bridgehead atoms. The Hall–Kier alpha value is -1.34. The molecule has 17 heavy (non-hydrogen) atoms. The van der Waals surface area contributed by atoms with Gasteiger partial charge < -0.3 is 19.9 Å². The first-order chi connectivity index (χ1) is 8.27. The minimum atomic E-state index is 0.303. The van der Waals surface area contributed by atoms with E-state index in [4.69, 9.17) is 15.6 Å². The zero-order valence-corrected chi connectivity index (χ0v) is 9.96. The van der Waals surface area contributed by atoms with Crippen molar-refractivity contribution in [3.05, 3.63) is 0 Å². The SMILES string of the molecule is N=C(NC(=N)N1CCOCC1)N1CCNCC1. The number of rotatable bonds is 0. The van der Waals surface area contributed by atoms with Crippen molar-refractivity contribution in [2.24, 2.45) is 0 Å². The molecule has 0 atom stereocenters. The van der Waals surface area contributed by atoms with Crippen LogP contribution in [0.3, 0.4) is 0 Å². The molecule has 2 saturated heterocycles. The molecule has 0 aromatic heterocycles. The number of nitrogens with zero attached hydrogens (tertiary/aromatic N) is 2. The predicted octanol–water partition coefficient (Wildman–Crippen LogP) is -1.32. The maximum atomic E-state index is 7.92. The lowest BCUT2D eigenvalue weighted by Crippen LogP contribution is -2.55. The smallest absolute Gasteiger partial charge is 0.198 e. The molecule has 7 nitrogen and oxygen atoms in total. The molecule has 0 saturated carbocycles. The highest BCUT2D eigenvalue weighted by Gasteiger charge is 2.18. The van der Waals surface area contributed by atoms with E-state index in [1.165, 1.54) is 0 Å². The average molecular weight is 240 g/mol. The molecule has 2 rings (SSSR count). The van der Waals surface area contributed by atoms with Gasteiger partial charge in [0.1, 0.15) is 0 Å². The van der Waals surface area contributed by atoms with E-state index >= 15 is 0 Å². The number of hydrogen-bond acceptors (Lipinski definition) is 4. The van der Waals surface area contributed by atoms with Gasteiger partial charge in [0.15, 0.2) is 11.9 Å². The lowest BCUT2D eigenvalue weighted by molar-refractivity contribution is 0.0666. The number of ether oxygens (including phenoxy) is 1. The summed E-state index contributed by atoms with van der Waals surface area (Å²) in [4.78, 5) is 3.85. The third kappa shape index (κ3) is 3.31. The molecule has 0 radical (unpaired) electrons. The molecule has 2 aliphatic heterocycles. The molecule has 7 heteroatoms. The van der Waals surface area contributed by atoms with Gasteiger partial charge in [0, 0.05) is 39.3 Å².